The van der Waals surface area contributed by atoms with E-state index in [1.807, 2.05) is 23.1 Å². The molecule has 0 unspecified atom stereocenters. The van der Waals surface area contributed by atoms with Gasteiger partial charge in [-0.05, 0) is 37.8 Å². The molecular weight excluding hydrogens is 332 g/mol. The van der Waals surface area contributed by atoms with Crippen LogP contribution < -0.4 is 26.4 Å². The Labute approximate surface area is 153 Å². The highest BCUT2D eigenvalue weighted by Gasteiger charge is 2.42. The number of nitrogens with zero attached hydrogens (tertiary/aromatic N) is 3. The Bertz CT molecular complexity index is 752. The number of guanidine groups is 2. The molecule has 8 nitrogen and oxygen atoms in total. The molecule has 0 radical (unpaired) electrons. The summed E-state index contributed by atoms with van der Waals surface area (Å²) in [7, 11) is 1.57. The normalized spacial score (nSPS) is 18.9. The molecule has 1 amide bonds. The van der Waals surface area contributed by atoms with Gasteiger partial charge in [-0.2, -0.15) is 4.99 Å². The first-order chi connectivity index (χ1) is 12.5. The fourth-order valence-corrected chi connectivity index (χ4v) is 3.66. The largest absolute Gasteiger partial charge is 0.494 e. The van der Waals surface area contributed by atoms with E-state index >= 15 is 0 Å². The molecule has 1 aliphatic carbocycles. The fourth-order valence-electron chi connectivity index (χ4n) is 3.66. The highest BCUT2D eigenvalue weighted by molar-refractivity contribution is 6.06. The summed E-state index contributed by atoms with van der Waals surface area (Å²) in [5.41, 5.74) is 13.1. The number of nitrogens with two attached hydrogens (primary N) is 2. The molecule has 0 saturated heterocycles. The average Bonchev–Trinajstić information content (AvgIpc) is 2.62. The van der Waals surface area contributed by atoms with Crippen LogP contribution in [0.3, 0.4) is 0 Å². The van der Waals surface area contributed by atoms with Gasteiger partial charge in [0.15, 0.2) is 0 Å². The van der Waals surface area contributed by atoms with Gasteiger partial charge in [0, 0.05) is 12.5 Å². The molecule has 26 heavy (non-hydrogen) atoms. The lowest BCUT2D eigenvalue weighted by atomic mass is 9.87. The average molecular weight is 358 g/mol. The maximum Gasteiger partial charge on any atom is 0.224 e. The van der Waals surface area contributed by atoms with E-state index in [0.717, 1.165) is 31.4 Å². The summed E-state index contributed by atoms with van der Waals surface area (Å²) in [6, 6.07) is 5.55. The SMILES string of the molecule is CCC(=O)Nc1ccc(N2C(N)=NC(N)=NC23CCCCC3)cc1OC. The summed E-state index contributed by atoms with van der Waals surface area (Å²) in [5, 5.41) is 2.84. The van der Waals surface area contributed by atoms with Gasteiger partial charge in [0.25, 0.3) is 0 Å². The Morgan fingerprint density at radius 3 is 2.69 bits per heavy atom. The van der Waals surface area contributed by atoms with E-state index < -0.39 is 5.66 Å². The van der Waals surface area contributed by atoms with Gasteiger partial charge in [0.2, 0.25) is 17.8 Å². The molecule has 0 bridgehead atoms. The second-order valence-electron chi connectivity index (χ2n) is 6.60. The number of rotatable bonds is 4. The second kappa shape index (κ2) is 7.23. The lowest BCUT2D eigenvalue weighted by Crippen LogP contribution is -2.58. The van der Waals surface area contributed by atoms with Gasteiger partial charge < -0.3 is 21.5 Å². The van der Waals surface area contributed by atoms with Crippen molar-refractivity contribution in [3.63, 3.8) is 0 Å². The maximum atomic E-state index is 11.7. The number of benzene rings is 1. The fraction of sp³-hybridized carbons (Fsp3) is 0.500. The van der Waals surface area contributed by atoms with Gasteiger partial charge in [0.1, 0.15) is 11.4 Å². The molecule has 0 atom stereocenters. The summed E-state index contributed by atoms with van der Waals surface area (Å²) in [6.45, 7) is 1.80. The molecule has 1 aromatic rings. The second-order valence-corrected chi connectivity index (χ2v) is 6.60. The number of amides is 1. The molecule has 1 heterocycles. The van der Waals surface area contributed by atoms with Crippen molar-refractivity contribution in [1.82, 2.24) is 0 Å². The summed E-state index contributed by atoms with van der Waals surface area (Å²) in [5.74, 6) is 1.04. The van der Waals surface area contributed by atoms with E-state index in [1.165, 1.54) is 6.42 Å². The van der Waals surface area contributed by atoms with E-state index in [1.54, 1.807) is 14.0 Å². The number of carbonyl (C=O) groups excluding carboxylic acids is 1. The first-order valence-electron chi connectivity index (χ1n) is 8.96. The number of hydrogen-bond donors (Lipinski definition) is 3. The van der Waals surface area contributed by atoms with Crippen LogP contribution in [0.15, 0.2) is 28.2 Å². The monoisotopic (exact) mass is 358 g/mol. The Morgan fingerprint density at radius 1 is 1.31 bits per heavy atom. The van der Waals surface area contributed by atoms with Crippen LogP contribution in [0.25, 0.3) is 0 Å². The van der Waals surface area contributed by atoms with E-state index in [2.05, 4.69) is 15.3 Å². The standard InChI is InChI=1S/C18H26N6O2/c1-3-15(25)21-13-8-7-12(11-14(13)26-2)24-17(20)22-16(19)23-18(24)9-5-4-6-10-18/h7-8,11H,3-6,9-10H2,1-2H3,(H,21,25)(H4,19,20,22,23). The molecule has 3 rings (SSSR count). The van der Waals surface area contributed by atoms with Crippen LogP contribution in [-0.4, -0.2) is 30.6 Å². The van der Waals surface area contributed by atoms with Crippen LogP contribution in [0.2, 0.25) is 0 Å². The number of ether oxygens (including phenoxy) is 1. The highest BCUT2D eigenvalue weighted by Crippen LogP contribution is 2.41. The Hall–Kier alpha value is -2.77. The predicted molar refractivity (Wildman–Crippen MR) is 103 cm³/mol. The number of carbonyl (C=O) groups is 1. The quantitative estimate of drug-likeness (QED) is 0.762. The van der Waals surface area contributed by atoms with Crippen LogP contribution in [0, 0.1) is 0 Å². The van der Waals surface area contributed by atoms with E-state index in [9.17, 15) is 4.79 Å². The predicted octanol–water partition coefficient (Wildman–Crippen LogP) is 2.15. The summed E-state index contributed by atoms with van der Waals surface area (Å²) < 4.78 is 5.47. The number of aliphatic imine (C=N–C) groups is 2. The van der Waals surface area contributed by atoms with Crippen LogP contribution in [0.4, 0.5) is 11.4 Å². The first kappa shape index (κ1) is 18.0. The van der Waals surface area contributed by atoms with Crippen LogP contribution in [0.1, 0.15) is 45.4 Å². The minimum absolute atomic E-state index is 0.0729. The topological polar surface area (TPSA) is 118 Å². The van der Waals surface area contributed by atoms with Gasteiger partial charge in [-0.1, -0.05) is 13.3 Å². The van der Waals surface area contributed by atoms with Gasteiger partial charge in [0.05, 0.1) is 18.5 Å². The van der Waals surface area contributed by atoms with E-state index in [4.69, 9.17) is 16.2 Å². The molecule has 140 valence electrons. The summed E-state index contributed by atoms with van der Waals surface area (Å²) in [6.07, 6.45) is 5.41. The van der Waals surface area contributed by atoms with Gasteiger partial charge >= 0.3 is 0 Å². The molecule has 1 aromatic carbocycles. The van der Waals surface area contributed by atoms with Gasteiger partial charge in [-0.15, -0.1) is 0 Å². The maximum absolute atomic E-state index is 11.7. The first-order valence-corrected chi connectivity index (χ1v) is 8.96. The smallest absolute Gasteiger partial charge is 0.224 e. The van der Waals surface area contributed by atoms with Crippen LogP contribution in [-0.2, 0) is 4.79 Å². The van der Waals surface area contributed by atoms with Crippen molar-refractivity contribution in [1.29, 1.82) is 0 Å². The zero-order valence-corrected chi connectivity index (χ0v) is 15.3. The Morgan fingerprint density at radius 2 is 2.04 bits per heavy atom. The van der Waals surface area contributed by atoms with Gasteiger partial charge in [-0.25, -0.2) is 4.99 Å². The van der Waals surface area contributed by atoms with Crippen molar-refractivity contribution in [2.24, 2.45) is 21.5 Å². The molecular formula is C18H26N6O2. The lowest BCUT2D eigenvalue weighted by molar-refractivity contribution is -0.115. The number of hydrogen-bond acceptors (Lipinski definition) is 7. The van der Waals surface area contributed by atoms with Crippen LogP contribution >= 0.6 is 0 Å². The van der Waals surface area contributed by atoms with E-state index in [0.29, 0.717) is 23.8 Å². The molecule has 1 aliphatic heterocycles. The third-order valence-corrected chi connectivity index (χ3v) is 4.89. The highest BCUT2D eigenvalue weighted by atomic mass is 16.5. The Kier molecular flexibility index (Phi) is 5.01. The molecule has 1 fully saturated rings. The van der Waals surface area contributed by atoms with Gasteiger partial charge in [-0.3, -0.25) is 9.69 Å². The lowest BCUT2D eigenvalue weighted by Gasteiger charge is -2.45. The summed E-state index contributed by atoms with van der Waals surface area (Å²) >= 11 is 0. The van der Waals surface area contributed by atoms with Crippen molar-refractivity contribution in [2.45, 2.75) is 51.1 Å². The summed E-state index contributed by atoms with van der Waals surface area (Å²) in [4.78, 5) is 22.5. The van der Waals surface area contributed by atoms with Crippen molar-refractivity contribution in [3.05, 3.63) is 18.2 Å². The van der Waals surface area contributed by atoms with Crippen molar-refractivity contribution >= 4 is 29.2 Å². The molecule has 0 aromatic heterocycles. The minimum Gasteiger partial charge on any atom is -0.494 e. The van der Waals surface area contributed by atoms with Crippen LogP contribution in [0.5, 0.6) is 5.75 Å². The minimum atomic E-state index is -0.507. The van der Waals surface area contributed by atoms with Crippen molar-refractivity contribution < 1.29 is 9.53 Å². The number of methoxy groups -OCH3 is 1. The third-order valence-electron chi connectivity index (χ3n) is 4.89. The molecule has 8 heteroatoms. The molecule has 2 aliphatic rings. The molecule has 1 spiro atoms. The molecule has 1 saturated carbocycles. The molecule has 5 N–H and O–H groups in total. The van der Waals surface area contributed by atoms with E-state index in [-0.39, 0.29) is 11.9 Å². The van der Waals surface area contributed by atoms with Crippen molar-refractivity contribution in [3.8, 4) is 5.75 Å². The number of anilines is 2. The van der Waals surface area contributed by atoms with Crippen molar-refractivity contribution in [2.75, 3.05) is 17.3 Å². The number of nitrogens with one attached hydrogen (secondary N) is 1. The zero-order chi connectivity index (χ0) is 18.7. The Balaban J connectivity index is 2.00. The third kappa shape index (κ3) is 3.31. The zero-order valence-electron chi connectivity index (χ0n) is 15.3.